The molecule has 0 saturated carbocycles. The molecule has 2 saturated heterocycles. The smallest absolute Gasteiger partial charge is 0.0135 e. The van der Waals surface area contributed by atoms with Crippen molar-refractivity contribution in [3.63, 3.8) is 0 Å². The molecule has 3 atom stereocenters. The van der Waals surface area contributed by atoms with Crippen LogP contribution in [0.2, 0.25) is 0 Å². The zero-order chi connectivity index (χ0) is 11.0. The number of fused-ring (bicyclic) bond motifs is 1. The fourth-order valence-corrected chi connectivity index (χ4v) is 3.32. The van der Waals surface area contributed by atoms with Gasteiger partial charge in [-0.25, -0.2) is 0 Å². The van der Waals surface area contributed by atoms with Crippen LogP contribution in [0, 0.1) is 0 Å². The molecule has 0 aliphatic carbocycles. The van der Waals surface area contributed by atoms with E-state index in [1.807, 2.05) is 0 Å². The summed E-state index contributed by atoms with van der Waals surface area (Å²) < 4.78 is 0. The maximum atomic E-state index is 6.34. The minimum atomic E-state index is 0.349. The van der Waals surface area contributed by atoms with Crippen molar-refractivity contribution in [2.75, 3.05) is 13.1 Å². The predicted molar refractivity (Wildman–Crippen MR) is 66.4 cm³/mol. The van der Waals surface area contributed by atoms with Crippen molar-refractivity contribution < 1.29 is 0 Å². The molecule has 3 unspecified atom stereocenters. The van der Waals surface area contributed by atoms with E-state index in [1.54, 1.807) is 0 Å². The molecule has 2 N–H and O–H groups in total. The maximum Gasteiger partial charge on any atom is 0.0135 e. The molecule has 1 aromatic carbocycles. The van der Waals surface area contributed by atoms with Gasteiger partial charge >= 0.3 is 0 Å². The number of hydrogen-bond donors (Lipinski definition) is 1. The summed E-state index contributed by atoms with van der Waals surface area (Å²) >= 11 is 0. The lowest BCUT2D eigenvalue weighted by Crippen LogP contribution is -2.48. The molecular weight excluding hydrogens is 196 g/mol. The van der Waals surface area contributed by atoms with Crippen LogP contribution >= 0.6 is 0 Å². The largest absolute Gasteiger partial charge is 0.327 e. The van der Waals surface area contributed by atoms with Crippen LogP contribution < -0.4 is 5.73 Å². The van der Waals surface area contributed by atoms with E-state index in [2.05, 4.69) is 35.2 Å². The van der Waals surface area contributed by atoms with Gasteiger partial charge in [-0.05, 0) is 31.4 Å². The highest BCUT2D eigenvalue weighted by Gasteiger charge is 2.36. The number of benzene rings is 1. The SMILES string of the molecule is NC1CC2CCCN2CC1c1ccccc1. The number of piperidine rings is 1. The van der Waals surface area contributed by atoms with E-state index in [4.69, 9.17) is 5.73 Å². The van der Waals surface area contributed by atoms with Crippen molar-refractivity contribution in [3.8, 4) is 0 Å². The van der Waals surface area contributed by atoms with Gasteiger partial charge in [0.15, 0.2) is 0 Å². The molecule has 2 aliphatic rings. The average Bonchev–Trinajstić information content (AvgIpc) is 2.76. The monoisotopic (exact) mass is 216 g/mol. The molecule has 3 rings (SSSR count). The summed E-state index contributed by atoms with van der Waals surface area (Å²) in [6.45, 7) is 2.44. The highest BCUT2D eigenvalue weighted by molar-refractivity contribution is 5.23. The van der Waals surface area contributed by atoms with Gasteiger partial charge in [-0.3, -0.25) is 4.90 Å². The zero-order valence-electron chi connectivity index (χ0n) is 9.68. The molecule has 0 radical (unpaired) electrons. The molecule has 2 aliphatic heterocycles. The molecule has 2 heterocycles. The minimum absolute atomic E-state index is 0.349. The van der Waals surface area contributed by atoms with Crippen LogP contribution in [0.1, 0.15) is 30.7 Å². The second kappa shape index (κ2) is 4.19. The van der Waals surface area contributed by atoms with Gasteiger partial charge < -0.3 is 5.73 Å². The van der Waals surface area contributed by atoms with Crippen molar-refractivity contribution in [2.45, 2.75) is 37.3 Å². The summed E-state index contributed by atoms with van der Waals surface area (Å²) in [5.41, 5.74) is 7.76. The van der Waals surface area contributed by atoms with Gasteiger partial charge in [0.25, 0.3) is 0 Å². The van der Waals surface area contributed by atoms with E-state index in [1.165, 1.54) is 31.4 Å². The van der Waals surface area contributed by atoms with Gasteiger partial charge in [-0.2, -0.15) is 0 Å². The Balaban J connectivity index is 1.80. The third kappa shape index (κ3) is 1.76. The van der Waals surface area contributed by atoms with Crippen molar-refractivity contribution in [1.82, 2.24) is 4.90 Å². The van der Waals surface area contributed by atoms with Crippen LogP contribution in [0.5, 0.6) is 0 Å². The predicted octanol–water partition coefficient (Wildman–Crippen LogP) is 1.97. The van der Waals surface area contributed by atoms with E-state index >= 15 is 0 Å². The Morgan fingerprint density at radius 2 is 2.00 bits per heavy atom. The van der Waals surface area contributed by atoms with E-state index in [0.29, 0.717) is 12.0 Å². The minimum Gasteiger partial charge on any atom is -0.327 e. The van der Waals surface area contributed by atoms with Crippen LogP contribution in [0.4, 0.5) is 0 Å². The standard InChI is InChI=1S/C14H20N2/c15-14-9-12-7-4-8-16(12)10-13(14)11-5-2-1-3-6-11/h1-3,5-6,12-14H,4,7-10,15H2. The molecule has 1 aromatic rings. The Morgan fingerprint density at radius 3 is 2.81 bits per heavy atom. The molecule has 16 heavy (non-hydrogen) atoms. The summed E-state index contributed by atoms with van der Waals surface area (Å²) in [5.74, 6) is 0.538. The molecule has 2 nitrogen and oxygen atoms in total. The van der Waals surface area contributed by atoms with E-state index in [0.717, 1.165) is 12.6 Å². The normalized spacial score (nSPS) is 34.9. The Morgan fingerprint density at radius 1 is 1.19 bits per heavy atom. The Kier molecular flexibility index (Phi) is 2.70. The van der Waals surface area contributed by atoms with E-state index in [-0.39, 0.29) is 0 Å². The molecule has 0 bridgehead atoms. The number of hydrogen-bond acceptors (Lipinski definition) is 2. The quantitative estimate of drug-likeness (QED) is 0.777. The van der Waals surface area contributed by atoms with Crippen LogP contribution in [-0.2, 0) is 0 Å². The van der Waals surface area contributed by atoms with Gasteiger partial charge in [0.1, 0.15) is 0 Å². The maximum absolute atomic E-state index is 6.34. The molecular formula is C14H20N2. The highest BCUT2D eigenvalue weighted by atomic mass is 15.2. The van der Waals surface area contributed by atoms with Crippen molar-refractivity contribution >= 4 is 0 Å². The van der Waals surface area contributed by atoms with Gasteiger partial charge in [-0.1, -0.05) is 30.3 Å². The molecule has 2 fully saturated rings. The first-order chi connectivity index (χ1) is 7.84. The first kappa shape index (κ1) is 10.3. The van der Waals surface area contributed by atoms with E-state index < -0.39 is 0 Å². The lowest BCUT2D eigenvalue weighted by molar-refractivity contribution is 0.161. The van der Waals surface area contributed by atoms with Gasteiger partial charge in [0.05, 0.1) is 0 Å². The summed E-state index contributed by atoms with van der Waals surface area (Å²) in [5, 5.41) is 0. The average molecular weight is 216 g/mol. The lowest BCUT2D eigenvalue weighted by Gasteiger charge is -2.39. The summed E-state index contributed by atoms with van der Waals surface area (Å²) in [7, 11) is 0. The molecule has 86 valence electrons. The summed E-state index contributed by atoms with van der Waals surface area (Å²) in [4.78, 5) is 2.64. The fourth-order valence-electron chi connectivity index (χ4n) is 3.32. The molecule has 0 aromatic heterocycles. The second-order valence-electron chi connectivity index (χ2n) is 5.21. The third-order valence-electron chi connectivity index (χ3n) is 4.22. The lowest BCUT2D eigenvalue weighted by atomic mass is 9.84. The number of nitrogens with zero attached hydrogens (tertiary/aromatic N) is 1. The Hall–Kier alpha value is -0.860. The first-order valence-corrected chi connectivity index (χ1v) is 6.39. The van der Waals surface area contributed by atoms with Gasteiger partial charge in [-0.15, -0.1) is 0 Å². The zero-order valence-corrected chi connectivity index (χ0v) is 9.68. The Labute approximate surface area is 97.4 Å². The van der Waals surface area contributed by atoms with Gasteiger partial charge in [0.2, 0.25) is 0 Å². The third-order valence-corrected chi connectivity index (χ3v) is 4.22. The fraction of sp³-hybridized carbons (Fsp3) is 0.571. The first-order valence-electron chi connectivity index (χ1n) is 6.39. The summed E-state index contributed by atoms with van der Waals surface area (Å²) in [6.07, 6.45) is 3.90. The van der Waals surface area contributed by atoms with Crippen LogP contribution in [0.3, 0.4) is 0 Å². The highest BCUT2D eigenvalue weighted by Crippen LogP contribution is 2.33. The van der Waals surface area contributed by atoms with Crippen molar-refractivity contribution in [1.29, 1.82) is 0 Å². The topological polar surface area (TPSA) is 29.3 Å². The van der Waals surface area contributed by atoms with Crippen LogP contribution in [0.25, 0.3) is 0 Å². The number of nitrogens with two attached hydrogens (primary N) is 1. The van der Waals surface area contributed by atoms with E-state index in [9.17, 15) is 0 Å². The summed E-state index contributed by atoms with van der Waals surface area (Å²) in [6, 6.07) is 11.9. The molecule has 0 amide bonds. The van der Waals surface area contributed by atoms with Crippen molar-refractivity contribution in [3.05, 3.63) is 35.9 Å². The molecule has 2 heteroatoms. The van der Waals surface area contributed by atoms with Gasteiger partial charge in [0, 0.05) is 24.5 Å². The van der Waals surface area contributed by atoms with Crippen LogP contribution in [0.15, 0.2) is 30.3 Å². The van der Waals surface area contributed by atoms with Crippen molar-refractivity contribution in [2.24, 2.45) is 5.73 Å². The Bertz CT molecular complexity index is 349. The van der Waals surface area contributed by atoms with Crippen LogP contribution in [-0.4, -0.2) is 30.1 Å². The molecule has 0 spiro atoms. The second-order valence-corrected chi connectivity index (χ2v) is 5.21. The number of rotatable bonds is 1.